The van der Waals surface area contributed by atoms with E-state index >= 15 is 0 Å². The van der Waals surface area contributed by atoms with Crippen molar-refractivity contribution in [2.45, 2.75) is 173 Å². The van der Waals surface area contributed by atoms with E-state index < -0.39 is 77.9 Å². The van der Waals surface area contributed by atoms with Crippen LogP contribution in [0.5, 0.6) is 0 Å². The second kappa shape index (κ2) is 21.1. The number of hydrogen-bond donors (Lipinski definition) is 3. The number of cyclic esters (lactones) is 1. The largest absolute Gasteiger partial charge is 0.456 e. The number of hydrogen-bond acceptors (Lipinski definition) is 12. The quantitative estimate of drug-likeness (QED) is 0.181. The number of esters is 1. The predicted octanol–water partition coefficient (Wildman–Crippen LogP) is 4.86. The Labute approximate surface area is 339 Å². The van der Waals surface area contributed by atoms with Crippen LogP contribution in [0.2, 0.25) is 0 Å². The molecule has 14 atom stereocenters. The van der Waals surface area contributed by atoms with Gasteiger partial charge < -0.3 is 43.9 Å². The van der Waals surface area contributed by atoms with Gasteiger partial charge in [0.2, 0.25) is 5.79 Å². The fraction of sp³-hybridized carbons (Fsp3) is 0.818. The number of Topliss-reactive ketones (excluding diaryl/α,β-unsaturated/α-hetero) is 2. The van der Waals surface area contributed by atoms with Crippen molar-refractivity contribution in [2.75, 3.05) is 27.9 Å². The van der Waals surface area contributed by atoms with Crippen LogP contribution in [0.1, 0.15) is 119 Å². The lowest BCUT2D eigenvalue weighted by Gasteiger charge is -2.47. The molecule has 4 rings (SSSR count). The molecule has 13 nitrogen and oxygen atoms in total. The van der Waals surface area contributed by atoms with Crippen molar-refractivity contribution in [3.8, 4) is 0 Å². The summed E-state index contributed by atoms with van der Waals surface area (Å²) in [6, 6.07) is -1.13. The number of fused-ring (bicyclic) bond motifs is 3. The second-order valence-corrected chi connectivity index (χ2v) is 17.5. The van der Waals surface area contributed by atoms with Crippen molar-refractivity contribution in [1.82, 2.24) is 4.90 Å². The Hall–Kier alpha value is -2.52. The Balaban J connectivity index is 1.78. The number of aliphatic hydroxyl groups is 3. The normalized spacial score (nSPS) is 40.1. The van der Waals surface area contributed by atoms with Crippen molar-refractivity contribution in [1.29, 1.82) is 0 Å². The van der Waals surface area contributed by atoms with E-state index in [4.69, 9.17) is 23.7 Å². The van der Waals surface area contributed by atoms with Crippen LogP contribution < -0.4 is 0 Å². The number of piperidine rings is 1. The van der Waals surface area contributed by atoms with E-state index in [0.29, 0.717) is 62.5 Å². The lowest BCUT2D eigenvalue weighted by Crippen LogP contribution is -2.64. The molecule has 0 aromatic carbocycles. The molecule has 4 aliphatic rings. The average Bonchev–Trinajstić information content (AvgIpc) is 3.18. The number of ether oxygens (including phenoxy) is 5. The molecule has 0 aromatic heterocycles. The molecule has 3 aliphatic heterocycles. The van der Waals surface area contributed by atoms with Crippen molar-refractivity contribution in [2.24, 2.45) is 29.6 Å². The van der Waals surface area contributed by atoms with Crippen LogP contribution in [0, 0.1) is 29.6 Å². The molecule has 0 spiro atoms. The minimum Gasteiger partial charge on any atom is -0.456 e. The topological polar surface area (TPSA) is 178 Å². The Morgan fingerprint density at radius 1 is 0.895 bits per heavy atom. The first kappa shape index (κ1) is 47.2. The number of aliphatic hydroxyl groups excluding tert-OH is 2. The lowest BCUT2D eigenvalue weighted by molar-refractivity contribution is -0.302. The van der Waals surface area contributed by atoms with E-state index in [1.54, 1.807) is 21.0 Å². The predicted molar refractivity (Wildman–Crippen MR) is 213 cm³/mol. The van der Waals surface area contributed by atoms with Crippen LogP contribution in [0.3, 0.4) is 0 Å². The molecular weight excluding hydrogens is 734 g/mol. The fourth-order valence-electron chi connectivity index (χ4n) is 9.60. The van der Waals surface area contributed by atoms with Crippen molar-refractivity contribution >= 4 is 23.4 Å². The first-order valence-corrected chi connectivity index (χ1v) is 21.3. The third kappa shape index (κ3) is 11.4. The Morgan fingerprint density at radius 2 is 1.56 bits per heavy atom. The first-order chi connectivity index (χ1) is 27.0. The molecule has 1 aliphatic carbocycles. The minimum atomic E-state index is -2.50. The van der Waals surface area contributed by atoms with Crippen LogP contribution >= 0.6 is 0 Å². The molecule has 2 bridgehead atoms. The van der Waals surface area contributed by atoms with Gasteiger partial charge in [0.05, 0.1) is 30.5 Å². The number of methoxy groups -OCH3 is 3. The summed E-state index contributed by atoms with van der Waals surface area (Å²) in [7, 11) is 4.64. The molecule has 57 heavy (non-hydrogen) atoms. The van der Waals surface area contributed by atoms with Gasteiger partial charge in [0.15, 0.2) is 5.78 Å². The molecule has 13 heteroatoms. The lowest BCUT2D eigenvalue weighted by atomic mass is 9.81. The van der Waals surface area contributed by atoms with Crippen molar-refractivity contribution < 1.29 is 58.2 Å². The van der Waals surface area contributed by atoms with E-state index in [1.165, 1.54) is 19.1 Å². The number of allylic oxidation sites excluding steroid dienone is 3. The summed E-state index contributed by atoms with van der Waals surface area (Å²) >= 11 is 0. The highest BCUT2D eigenvalue weighted by atomic mass is 16.7. The number of ketones is 2. The molecule has 3 fully saturated rings. The highest BCUT2D eigenvalue weighted by Crippen LogP contribution is 2.39. The zero-order valence-electron chi connectivity index (χ0n) is 35.8. The summed E-state index contributed by atoms with van der Waals surface area (Å²) in [5, 5.41) is 34.2. The maximum Gasteiger partial charge on any atom is 0.329 e. The number of nitrogens with zero attached hydrogens (tertiary/aromatic N) is 1. The highest BCUT2D eigenvalue weighted by Gasteiger charge is 2.56. The van der Waals surface area contributed by atoms with E-state index in [9.17, 15) is 34.5 Å². The van der Waals surface area contributed by atoms with Crippen LogP contribution in [-0.4, -0.2) is 126 Å². The SMILES string of the molecule is CCCC1=CC(C)C[C@H](C)C[C@H](OC)C2O[C@@](O)(C(=O)C(=O)N3CCCC[C@H]3C(=O)O[C@H](C(C)=C[C@@H]3CC[C@@H](O)[C@H](OC)C3)[C@H](C)[C@@H](O)CC1=O)[C@H](C)C[C@@H]2OC. The van der Waals surface area contributed by atoms with Gasteiger partial charge in [-0.05, 0) is 100 Å². The molecule has 1 saturated carbocycles. The van der Waals surface area contributed by atoms with Gasteiger partial charge in [-0.15, -0.1) is 0 Å². The van der Waals surface area contributed by atoms with Gasteiger partial charge in [0.25, 0.3) is 11.7 Å². The fourth-order valence-corrected chi connectivity index (χ4v) is 9.60. The molecule has 3 N–H and O–H groups in total. The standard InChI is InChI=1S/C44H71NO12/c1-10-13-31-19-25(2)18-26(3)20-37(54-8)40-38(55-9)22-28(5)44(52,57-40)41(49)42(50)45-17-12-11-14-32(45)43(51)56-39(29(6)34(47)24-35(31)48)27(4)21-30-15-16-33(46)36(23-30)53-7/h19,21,25-26,28-30,32-34,36-40,46-47,52H,10-18,20,22-24H2,1-9H3/t25?,26-,28+,29+,30-,32-,33+,34-,36+,37-,38-,39+,40?,44+/m0/s1. The Kier molecular flexibility index (Phi) is 17.5. The van der Waals surface area contributed by atoms with Crippen LogP contribution in [0.25, 0.3) is 0 Å². The Bertz CT molecular complexity index is 1450. The summed E-state index contributed by atoms with van der Waals surface area (Å²) in [4.78, 5) is 57.9. The third-order valence-corrected chi connectivity index (χ3v) is 13.0. The summed E-state index contributed by atoms with van der Waals surface area (Å²) in [5.41, 5.74) is 1.31. The highest BCUT2D eigenvalue weighted by molar-refractivity contribution is 6.39. The molecular formula is C44H71NO12. The van der Waals surface area contributed by atoms with Gasteiger partial charge in [0.1, 0.15) is 18.2 Å². The number of rotatable bonds is 7. The van der Waals surface area contributed by atoms with Crippen LogP contribution in [0.15, 0.2) is 23.3 Å². The van der Waals surface area contributed by atoms with Gasteiger partial charge in [0, 0.05) is 46.1 Å². The molecule has 3 heterocycles. The molecule has 324 valence electrons. The number of carbonyl (C=O) groups excluding carboxylic acids is 4. The van der Waals surface area contributed by atoms with Gasteiger partial charge in [-0.2, -0.15) is 0 Å². The van der Waals surface area contributed by atoms with Crippen molar-refractivity contribution in [3.63, 3.8) is 0 Å². The summed E-state index contributed by atoms with van der Waals surface area (Å²) in [6.07, 6.45) is 4.56. The van der Waals surface area contributed by atoms with E-state index in [-0.39, 0.29) is 55.4 Å². The first-order valence-electron chi connectivity index (χ1n) is 21.3. The molecule has 0 radical (unpaired) electrons. The summed E-state index contributed by atoms with van der Waals surface area (Å²) in [5.74, 6) is -7.09. The number of carbonyl (C=O) groups is 4. The van der Waals surface area contributed by atoms with E-state index in [0.717, 1.165) is 6.42 Å². The Morgan fingerprint density at radius 3 is 2.21 bits per heavy atom. The number of amides is 1. The maximum atomic E-state index is 14.3. The van der Waals surface area contributed by atoms with Gasteiger partial charge in [-0.1, -0.05) is 53.2 Å². The van der Waals surface area contributed by atoms with E-state index in [1.807, 2.05) is 32.9 Å². The van der Waals surface area contributed by atoms with Gasteiger partial charge in [-0.3, -0.25) is 14.4 Å². The van der Waals surface area contributed by atoms with Crippen LogP contribution in [0.4, 0.5) is 0 Å². The molecule has 0 aromatic rings. The molecule has 2 saturated heterocycles. The minimum absolute atomic E-state index is 0.000944. The van der Waals surface area contributed by atoms with E-state index in [2.05, 4.69) is 6.92 Å². The maximum absolute atomic E-state index is 14.3. The second-order valence-electron chi connectivity index (χ2n) is 17.5. The summed E-state index contributed by atoms with van der Waals surface area (Å²) in [6.45, 7) is 11.4. The average molecular weight is 806 g/mol. The monoisotopic (exact) mass is 805 g/mol. The molecule has 1 amide bonds. The zero-order valence-corrected chi connectivity index (χ0v) is 35.8. The zero-order chi connectivity index (χ0) is 42.2. The summed E-state index contributed by atoms with van der Waals surface area (Å²) < 4.78 is 29.8. The van der Waals surface area contributed by atoms with Crippen LogP contribution in [-0.2, 0) is 42.9 Å². The van der Waals surface area contributed by atoms with Crippen molar-refractivity contribution in [3.05, 3.63) is 23.3 Å². The smallest absolute Gasteiger partial charge is 0.329 e. The third-order valence-electron chi connectivity index (χ3n) is 13.0. The van der Waals surface area contributed by atoms with Gasteiger partial charge >= 0.3 is 5.97 Å². The van der Waals surface area contributed by atoms with Gasteiger partial charge in [-0.25, -0.2) is 4.79 Å². The molecule has 2 unspecified atom stereocenters.